The van der Waals surface area contributed by atoms with Crippen LogP contribution in [0, 0.1) is 23.7 Å². The van der Waals surface area contributed by atoms with Gasteiger partial charge in [-0.25, -0.2) is 4.39 Å². The molecule has 0 aliphatic heterocycles. The van der Waals surface area contributed by atoms with E-state index in [1.807, 2.05) is 30.3 Å². The molecule has 2 fully saturated rings. The second kappa shape index (κ2) is 6.27. The third-order valence-electron chi connectivity index (χ3n) is 6.52. The van der Waals surface area contributed by atoms with Gasteiger partial charge in [-0.3, -0.25) is 0 Å². The van der Waals surface area contributed by atoms with Crippen molar-refractivity contribution in [2.75, 3.05) is 0 Å². The molecule has 4 rings (SSSR count). The molecule has 0 N–H and O–H groups in total. The van der Waals surface area contributed by atoms with E-state index in [-0.39, 0.29) is 5.92 Å². The monoisotopic (exact) mass is 336 g/mol. The number of alkyl halides is 1. The minimum Gasteiger partial charge on any atom is -0.238 e. The average molecular weight is 336 g/mol. The molecule has 0 radical (unpaired) electrons. The van der Waals surface area contributed by atoms with E-state index in [0.29, 0.717) is 12.3 Å². The Balaban J connectivity index is 1.42. The van der Waals surface area contributed by atoms with Crippen LogP contribution in [0.1, 0.15) is 56.2 Å². The van der Waals surface area contributed by atoms with E-state index in [2.05, 4.69) is 45.0 Å². The van der Waals surface area contributed by atoms with Crippen LogP contribution >= 0.6 is 0 Å². The van der Waals surface area contributed by atoms with Crippen molar-refractivity contribution in [3.8, 4) is 0 Å². The highest BCUT2D eigenvalue weighted by Crippen LogP contribution is 2.59. The molecule has 0 nitrogen and oxygen atoms in total. The molecule has 132 valence electrons. The molecule has 2 saturated carbocycles. The molecule has 0 spiro atoms. The lowest BCUT2D eigenvalue weighted by atomic mass is 9.91. The fraction of sp³-hybridized carbons (Fsp3) is 0.500. The molecule has 2 aliphatic rings. The third-order valence-corrected chi connectivity index (χ3v) is 6.52. The first-order valence-electron chi connectivity index (χ1n) is 9.82. The number of rotatable bonds is 6. The van der Waals surface area contributed by atoms with Crippen LogP contribution in [0.4, 0.5) is 4.39 Å². The number of halogens is 1. The maximum Gasteiger partial charge on any atom is 0.139 e. The summed E-state index contributed by atoms with van der Waals surface area (Å²) < 4.78 is 15.2. The molecular formula is C24H29F. The Hall–Kier alpha value is -1.63. The molecule has 0 amide bonds. The topological polar surface area (TPSA) is 0 Å². The Bertz CT molecular complexity index is 735. The molecule has 0 bridgehead atoms. The zero-order chi connectivity index (χ0) is 17.6. The van der Waals surface area contributed by atoms with Crippen molar-refractivity contribution >= 4 is 0 Å². The molecule has 0 heterocycles. The lowest BCUT2D eigenvalue weighted by molar-refractivity contribution is 0.257. The first kappa shape index (κ1) is 16.8. The standard InChI is InChI=1S/C24H29F/c1-16(2)21-14-22(21)19-9-7-8-18(13-19)12-17(3)23-15-24(23,25)20-10-5-4-6-11-20/h4-11,13,16-17,21-23H,12,14-15H2,1-3H3/t17?,21-,22-,23+,24+/m1/s1. The number of hydrogen-bond acceptors (Lipinski definition) is 0. The lowest BCUT2D eigenvalue weighted by Gasteiger charge is -2.15. The van der Waals surface area contributed by atoms with Crippen LogP contribution in [0.3, 0.4) is 0 Å². The van der Waals surface area contributed by atoms with E-state index in [1.54, 1.807) is 0 Å². The second-order valence-electron chi connectivity index (χ2n) is 8.72. The molecule has 5 atom stereocenters. The van der Waals surface area contributed by atoms with Gasteiger partial charge in [0, 0.05) is 5.92 Å². The summed E-state index contributed by atoms with van der Waals surface area (Å²) >= 11 is 0. The Morgan fingerprint density at radius 1 is 1.04 bits per heavy atom. The lowest BCUT2D eigenvalue weighted by Crippen LogP contribution is -2.11. The summed E-state index contributed by atoms with van der Waals surface area (Å²) in [7, 11) is 0. The normalized spacial score (nSPS) is 31.8. The average Bonchev–Trinajstić information content (AvgIpc) is 3.50. The van der Waals surface area contributed by atoms with E-state index in [4.69, 9.17) is 0 Å². The maximum atomic E-state index is 15.2. The minimum atomic E-state index is -1.10. The maximum absolute atomic E-state index is 15.2. The second-order valence-corrected chi connectivity index (χ2v) is 8.72. The van der Waals surface area contributed by atoms with Gasteiger partial charge in [0.25, 0.3) is 0 Å². The van der Waals surface area contributed by atoms with E-state index < -0.39 is 5.67 Å². The highest BCUT2D eigenvalue weighted by Gasteiger charge is 2.58. The van der Waals surface area contributed by atoms with Gasteiger partial charge >= 0.3 is 0 Å². The minimum absolute atomic E-state index is 0.155. The van der Waals surface area contributed by atoms with Gasteiger partial charge in [-0.1, -0.05) is 75.4 Å². The fourth-order valence-corrected chi connectivity index (χ4v) is 4.76. The van der Waals surface area contributed by atoms with E-state index >= 15 is 4.39 Å². The zero-order valence-electron chi connectivity index (χ0n) is 15.6. The molecular weight excluding hydrogens is 307 g/mol. The number of benzene rings is 2. The van der Waals surface area contributed by atoms with Crippen molar-refractivity contribution in [1.82, 2.24) is 0 Å². The van der Waals surface area contributed by atoms with Crippen LogP contribution in [-0.2, 0) is 12.1 Å². The van der Waals surface area contributed by atoms with Crippen LogP contribution in [0.2, 0.25) is 0 Å². The molecule has 2 aromatic rings. The molecule has 1 heteroatoms. The largest absolute Gasteiger partial charge is 0.238 e. The van der Waals surface area contributed by atoms with E-state index in [9.17, 15) is 0 Å². The molecule has 2 aliphatic carbocycles. The Morgan fingerprint density at radius 2 is 1.80 bits per heavy atom. The molecule has 1 unspecified atom stereocenters. The molecule has 0 saturated heterocycles. The predicted molar refractivity (Wildman–Crippen MR) is 102 cm³/mol. The van der Waals surface area contributed by atoms with E-state index in [1.165, 1.54) is 17.5 Å². The summed E-state index contributed by atoms with van der Waals surface area (Å²) in [4.78, 5) is 0. The van der Waals surface area contributed by atoms with Gasteiger partial charge in [-0.05, 0) is 59.6 Å². The summed E-state index contributed by atoms with van der Waals surface area (Å²) in [5.41, 5.74) is 2.63. The van der Waals surface area contributed by atoms with Crippen LogP contribution in [0.25, 0.3) is 0 Å². The highest BCUT2D eigenvalue weighted by atomic mass is 19.1. The summed E-state index contributed by atoms with van der Waals surface area (Å²) in [6, 6.07) is 18.8. The summed E-state index contributed by atoms with van der Waals surface area (Å²) in [5.74, 6) is 2.91. The predicted octanol–water partition coefficient (Wildman–Crippen LogP) is 6.51. The molecule has 2 aromatic carbocycles. The molecule has 25 heavy (non-hydrogen) atoms. The first-order chi connectivity index (χ1) is 12.0. The smallest absolute Gasteiger partial charge is 0.139 e. The van der Waals surface area contributed by atoms with Crippen LogP contribution in [-0.4, -0.2) is 0 Å². The van der Waals surface area contributed by atoms with Crippen molar-refractivity contribution in [2.45, 2.75) is 51.6 Å². The third kappa shape index (κ3) is 3.26. The van der Waals surface area contributed by atoms with Crippen LogP contribution in [0.5, 0.6) is 0 Å². The van der Waals surface area contributed by atoms with Crippen molar-refractivity contribution in [1.29, 1.82) is 0 Å². The van der Waals surface area contributed by atoms with Gasteiger partial charge in [0.2, 0.25) is 0 Å². The Kier molecular flexibility index (Phi) is 4.22. The van der Waals surface area contributed by atoms with Crippen LogP contribution in [0.15, 0.2) is 54.6 Å². The summed E-state index contributed by atoms with van der Waals surface area (Å²) in [6.45, 7) is 6.87. The molecule has 0 aromatic heterocycles. The zero-order valence-corrected chi connectivity index (χ0v) is 15.6. The van der Waals surface area contributed by atoms with Gasteiger partial charge in [-0.15, -0.1) is 0 Å². The van der Waals surface area contributed by atoms with Gasteiger partial charge < -0.3 is 0 Å². The van der Waals surface area contributed by atoms with Gasteiger partial charge in [0.05, 0.1) is 0 Å². The van der Waals surface area contributed by atoms with Crippen molar-refractivity contribution in [3.63, 3.8) is 0 Å². The SMILES string of the molecule is CC(C)[C@H]1C[C@@H]1c1cccc(CC(C)[C@@H]2C[C@]2(F)c2ccccc2)c1. The fourth-order valence-electron chi connectivity index (χ4n) is 4.76. The van der Waals surface area contributed by atoms with Gasteiger partial charge in [0.15, 0.2) is 0 Å². The summed E-state index contributed by atoms with van der Waals surface area (Å²) in [6.07, 6.45) is 2.99. The van der Waals surface area contributed by atoms with Crippen molar-refractivity contribution in [2.24, 2.45) is 23.7 Å². The van der Waals surface area contributed by atoms with E-state index in [0.717, 1.165) is 29.7 Å². The van der Waals surface area contributed by atoms with Crippen molar-refractivity contribution in [3.05, 3.63) is 71.3 Å². The van der Waals surface area contributed by atoms with Gasteiger partial charge in [0.1, 0.15) is 5.67 Å². The summed E-state index contributed by atoms with van der Waals surface area (Å²) in [5, 5.41) is 0. The quantitative estimate of drug-likeness (QED) is 0.564. The number of hydrogen-bond donors (Lipinski definition) is 0. The Labute approximate surface area is 151 Å². The van der Waals surface area contributed by atoms with Crippen LogP contribution < -0.4 is 0 Å². The Morgan fingerprint density at radius 3 is 2.48 bits per heavy atom. The van der Waals surface area contributed by atoms with Gasteiger partial charge in [-0.2, -0.15) is 0 Å². The first-order valence-corrected chi connectivity index (χ1v) is 9.82. The van der Waals surface area contributed by atoms with Crippen molar-refractivity contribution < 1.29 is 4.39 Å². The highest BCUT2D eigenvalue weighted by molar-refractivity contribution is 5.33.